The van der Waals surface area contributed by atoms with Gasteiger partial charge in [0.05, 0.1) is 0 Å². The number of carbonyl (C=O) groups is 1. The van der Waals surface area contributed by atoms with E-state index in [1.165, 1.54) is 6.07 Å². The second-order valence-electron chi connectivity index (χ2n) is 8.36. The molecule has 3 aromatic carbocycles. The normalized spacial score (nSPS) is 10.9. The predicted octanol–water partition coefficient (Wildman–Crippen LogP) is 5.10. The third-order valence-corrected chi connectivity index (χ3v) is 5.59. The molecule has 0 aliphatic carbocycles. The molecule has 0 aliphatic rings. The molecule has 1 aromatic heterocycles. The number of nitrogens with zero attached hydrogens (tertiary/aromatic N) is 2. The van der Waals surface area contributed by atoms with Gasteiger partial charge >= 0.3 is 0 Å². The molecule has 0 radical (unpaired) electrons. The average Bonchev–Trinajstić information content (AvgIpc) is 2.85. The molecule has 172 valence electrons. The third-order valence-electron chi connectivity index (χ3n) is 5.59. The van der Waals surface area contributed by atoms with E-state index >= 15 is 4.39 Å². The van der Waals surface area contributed by atoms with Gasteiger partial charge in [0.15, 0.2) is 0 Å². The van der Waals surface area contributed by atoms with Crippen LogP contribution in [0, 0.1) is 5.82 Å². The van der Waals surface area contributed by atoms with Crippen LogP contribution < -0.4 is 11.1 Å². The minimum absolute atomic E-state index is 0.158. The Hall–Kier alpha value is -4.03. The molecule has 0 saturated heterocycles. The summed E-state index contributed by atoms with van der Waals surface area (Å²) in [5, 5.41) is 2.91. The molecule has 0 atom stereocenters. The maximum absolute atomic E-state index is 15.1. The van der Waals surface area contributed by atoms with Gasteiger partial charge in [0.25, 0.3) is 5.91 Å². The molecule has 34 heavy (non-hydrogen) atoms. The highest BCUT2D eigenvalue weighted by Gasteiger charge is 2.13. The van der Waals surface area contributed by atoms with Crippen LogP contribution in [0.25, 0.3) is 33.4 Å². The van der Waals surface area contributed by atoms with Gasteiger partial charge in [-0.05, 0) is 55.1 Å². The monoisotopic (exact) mass is 454 g/mol. The van der Waals surface area contributed by atoms with Crippen LogP contribution in [-0.2, 0) is 0 Å². The lowest BCUT2D eigenvalue weighted by Crippen LogP contribution is -2.31. The molecule has 0 saturated carbocycles. The summed E-state index contributed by atoms with van der Waals surface area (Å²) >= 11 is 0. The molecule has 0 aliphatic heterocycles. The van der Waals surface area contributed by atoms with Crippen molar-refractivity contribution in [3.63, 3.8) is 0 Å². The fourth-order valence-corrected chi connectivity index (χ4v) is 3.74. The molecule has 6 heteroatoms. The SMILES string of the molecule is CN(C)CCNC(=O)c1cccc(-c2cc(-c3ccc(-c4ccccc4)cc3F)cnc2N)c1. The fourth-order valence-electron chi connectivity index (χ4n) is 3.74. The smallest absolute Gasteiger partial charge is 0.251 e. The molecular weight excluding hydrogens is 427 g/mol. The lowest BCUT2D eigenvalue weighted by atomic mass is 9.97. The molecular formula is C28H27FN4O. The summed E-state index contributed by atoms with van der Waals surface area (Å²) in [6.45, 7) is 1.30. The van der Waals surface area contributed by atoms with E-state index < -0.39 is 0 Å². The number of hydrogen-bond donors (Lipinski definition) is 2. The maximum Gasteiger partial charge on any atom is 0.251 e. The maximum atomic E-state index is 15.1. The van der Waals surface area contributed by atoms with Gasteiger partial charge in [-0.2, -0.15) is 0 Å². The van der Waals surface area contributed by atoms with Crippen molar-refractivity contribution >= 4 is 11.7 Å². The van der Waals surface area contributed by atoms with Crippen LogP contribution in [0.2, 0.25) is 0 Å². The third kappa shape index (κ3) is 5.30. The van der Waals surface area contributed by atoms with E-state index in [4.69, 9.17) is 5.73 Å². The van der Waals surface area contributed by atoms with Crippen molar-refractivity contribution in [3.8, 4) is 33.4 Å². The zero-order valence-electron chi connectivity index (χ0n) is 19.3. The Bertz CT molecular complexity index is 1310. The molecule has 0 spiro atoms. The minimum Gasteiger partial charge on any atom is -0.383 e. The summed E-state index contributed by atoms with van der Waals surface area (Å²) in [6, 6.07) is 23.8. The van der Waals surface area contributed by atoms with Crippen LogP contribution in [0.3, 0.4) is 0 Å². The Kier molecular flexibility index (Phi) is 6.99. The largest absolute Gasteiger partial charge is 0.383 e. The van der Waals surface area contributed by atoms with Crippen LogP contribution in [0.15, 0.2) is 85.1 Å². The van der Waals surface area contributed by atoms with Gasteiger partial charge in [-0.3, -0.25) is 4.79 Å². The number of nitrogens with one attached hydrogen (secondary N) is 1. The summed E-state index contributed by atoms with van der Waals surface area (Å²) in [5.74, 6) is -0.183. The molecule has 4 rings (SSSR count). The zero-order valence-corrected chi connectivity index (χ0v) is 19.3. The van der Waals surface area contributed by atoms with Crippen LogP contribution in [0.4, 0.5) is 10.2 Å². The number of benzene rings is 3. The van der Waals surface area contributed by atoms with Gasteiger partial charge in [0.2, 0.25) is 0 Å². The van der Waals surface area contributed by atoms with Gasteiger partial charge in [0.1, 0.15) is 11.6 Å². The Labute approximate surface area is 199 Å². The molecule has 1 heterocycles. The zero-order chi connectivity index (χ0) is 24.1. The highest BCUT2D eigenvalue weighted by Crippen LogP contribution is 2.33. The Morgan fingerprint density at radius 1 is 0.882 bits per heavy atom. The summed E-state index contributed by atoms with van der Waals surface area (Å²) in [7, 11) is 3.90. The van der Waals surface area contributed by atoms with Gasteiger partial charge in [0, 0.05) is 41.5 Å². The van der Waals surface area contributed by atoms with E-state index in [2.05, 4.69) is 10.3 Å². The van der Waals surface area contributed by atoms with Gasteiger partial charge in [-0.1, -0.05) is 54.6 Å². The molecule has 5 nitrogen and oxygen atoms in total. The van der Waals surface area contributed by atoms with E-state index in [1.807, 2.05) is 67.5 Å². The molecule has 0 bridgehead atoms. The van der Waals surface area contributed by atoms with Gasteiger partial charge in [-0.25, -0.2) is 9.37 Å². The number of anilines is 1. The van der Waals surface area contributed by atoms with Crippen LogP contribution in [0.1, 0.15) is 10.4 Å². The number of pyridine rings is 1. The van der Waals surface area contributed by atoms with Crippen molar-refractivity contribution in [1.29, 1.82) is 0 Å². The lowest BCUT2D eigenvalue weighted by molar-refractivity contribution is 0.0951. The molecule has 0 fully saturated rings. The van der Waals surface area contributed by atoms with E-state index in [9.17, 15) is 4.79 Å². The summed E-state index contributed by atoms with van der Waals surface area (Å²) in [5.41, 5.74) is 10.9. The second kappa shape index (κ2) is 10.3. The number of nitrogens with two attached hydrogens (primary N) is 1. The van der Waals surface area contributed by atoms with Crippen LogP contribution in [-0.4, -0.2) is 43.0 Å². The number of likely N-dealkylation sites (N-methyl/N-ethyl adjacent to an activating group) is 1. The van der Waals surface area contributed by atoms with Crippen molar-refractivity contribution in [1.82, 2.24) is 15.2 Å². The number of nitrogen functional groups attached to an aromatic ring is 1. The van der Waals surface area contributed by atoms with Crippen LogP contribution in [0.5, 0.6) is 0 Å². The second-order valence-corrected chi connectivity index (χ2v) is 8.36. The average molecular weight is 455 g/mol. The van der Waals surface area contributed by atoms with Gasteiger partial charge in [-0.15, -0.1) is 0 Å². The number of rotatable bonds is 7. The number of amides is 1. The molecule has 4 aromatic rings. The standard InChI is InChI=1S/C28H27FN4O/c1-33(2)14-13-31-28(34)22-10-6-9-21(15-22)25-16-23(18-32-27(25)30)24-12-11-20(17-26(24)29)19-7-4-3-5-8-19/h3-12,15-18H,13-14H2,1-2H3,(H2,30,32)(H,31,34). The van der Waals surface area contributed by atoms with E-state index in [-0.39, 0.29) is 11.7 Å². The van der Waals surface area contributed by atoms with Crippen molar-refractivity contribution in [3.05, 3.63) is 96.4 Å². The van der Waals surface area contributed by atoms with Crippen molar-refractivity contribution in [2.24, 2.45) is 0 Å². The first-order chi connectivity index (χ1) is 16.4. The van der Waals surface area contributed by atoms with Crippen molar-refractivity contribution < 1.29 is 9.18 Å². The number of carbonyl (C=O) groups excluding carboxylic acids is 1. The van der Waals surface area contributed by atoms with Gasteiger partial charge < -0.3 is 16.0 Å². The Balaban J connectivity index is 1.63. The summed E-state index contributed by atoms with van der Waals surface area (Å²) in [6.07, 6.45) is 1.57. The summed E-state index contributed by atoms with van der Waals surface area (Å²) in [4.78, 5) is 18.9. The first-order valence-electron chi connectivity index (χ1n) is 11.1. The first kappa shape index (κ1) is 23.1. The predicted molar refractivity (Wildman–Crippen MR) is 136 cm³/mol. The molecule has 1 amide bonds. The molecule has 0 unspecified atom stereocenters. The number of aromatic nitrogens is 1. The topological polar surface area (TPSA) is 71.2 Å². The van der Waals surface area contributed by atoms with E-state index in [0.717, 1.165) is 23.2 Å². The Morgan fingerprint density at radius 2 is 1.65 bits per heavy atom. The van der Waals surface area contributed by atoms with Crippen molar-refractivity contribution in [2.75, 3.05) is 32.9 Å². The first-order valence-corrected chi connectivity index (χ1v) is 11.1. The number of halogens is 1. The fraction of sp³-hybridized carbons (Fsp3) is 0.143. The minimum atomic E-state index is -0.340. The highest BCUT2D eigenvalue weighted by atomic mass is 19.1. The Morgan fingerprint density at radius 3 is 2.38 bits per heavy atom. The van der Waals surface area contributed by atoms with E-state index in [0.29, 0.717) is 34.6 Å². The highest BCUT2D eigenvalue weighted by molar-refractivity contribution is 5.96. The van der Waals surface area contributed by atoms with Crippen molar-refractivity contribution in [2.45, 2.75) is 0 Å². The lowest BCUT2D eigenvalue weighted by Gasteiger charge is -2.12. The van der Waals surface area contributed by atoms with E-state index in [1.54, 1.807) is 30.5 Å². The quantitative estimate of drug-likeness (QED) is 0.408. The molecule has 3 N–H and O–H groups in total. The van der Waals surface area contributed by atoms with Crippen LogP contribution >= 0.6 is 0 Å². The summed E-state index contributed by atoms with van der Waals surface area (Å²) < 4.78 is 15.1. The number of hydrogen-bond acceptors (Lipinski definition) is 4.